The van der Waals surface area contributed by atoms with Crippen molar-refractivity contribution < 1.29 is 9.90 Å². The second-order valence-corrected chi connectivity index (χ2v) is 6.85. The van der Waals surface area contributed by atoms with Crippen LogP contribution in [0.1, 0.15) is 33.4 Å². The van der Waals surface area contributed by atoms with E-state index in [1.54, 1.807) is 0 Å². The van der Waals surface area contributed by atoms with Crippen molar-refractivity contribution in [3.8, 4) is 0 Å². The molecule has 2 rings (SSSR count). The number of rotatable bonds is 6. The minimum Gasteiger partial charge on any atom is -0.392 e. The van der Waals surface area contributed by atoms with Gasteiger partial charge in [0.15, 0.2) is 0 Å². The fourth-order valence-corrected chi connectivity index (χ4v) is 2.71. The molecule has 1 amide bonds. The molecule has 22 heavy (non-hydrogen) atoms. The van der Waals surface area contributed by atoms with Crippen molar-refractivity contribution in [3.05, 3.63) is 30.0 Å². The van der Waals surface area contributed by atoms with Crippen molar-refractivity contribution in [1.29, 1.82) is 0 Å². The number of aromatic nitrogens is 2. The van der Waals surface area contributed by atoms with Crippen LogP contribution < -0.4 is 5.32 Å². The van der Waals surface area contributed by atoms with Gasteiger partial charge in [0.05, 0.1) is 23.7 Å². The van der Waals surface area contributed by atoms with Crippen molar-refractivity contribution >= 4 is 16.8 Å². The number of nitrogens with one attached hydrogen (secondary N) is 2. The molecule has 0 bridgehead atoms. The topological polar surface area (TPSA) is 78.0 Å². The zero-order chi connectivity index (χ0) is 16.3. The Morgan fingerprint density at radius 2 is 2.05 bits per heavy atom. The third-order valence-corrected chi connectivity index (χ3v) is 4.05. The Kier molecular flexibility index (Phi) is 4.86. The molecule has 1 atom stereocenters. The molecule has 0 aliphatic heterocycles. The average Bonchev–Trinajstić information content (AvgIpc) is 2.88. The van der Waals surface area contributed by atoms with Crippen LogP contribution in [0.2, 0.25) is 0 Å². The lowest BCUT2D eigenvalue weighted by molar-refractivity contribution is -0.121. The highest BCUT2D eigenvalue weighted by Crippen LogP contribution is 2.25. The summed E-state index contributed by atoms with van der Waals surface area (Å²) in [7, 11) is 0. The third-order valence-electron chi connectivity index (χ3n) is 4.05. The number of aliphatic hydroxyl groups excluding tert-OH is 1. The summed E-state index contributed by atoms with van der Waals surface area (Å²) in [6.45, 7) is 8.32. The number of benzene rings is 1. The van der Waals surface area contributed by atoms with Crippen LogP contribution in [-0.4, -0.2) is 33.9 Å². The maximum absolute atomic E-state index is 12.2. The van der Waals surface area contributed by atoms with Gasteiger partial charge in [0.2, 0.25) is 5.91 Å². The van der Waals surface area contributed by atoms with E-state index in [0.29, 0.717) is 6.54 Å². The Bertz CT molecular complexity index is 646. The number of H-pyrrole nitrogens is 1. The number of hydrogen-bond acceptors (Lipinski definition) is 3. The molecule has 2 aromatic rings. The molecule has 1 heterocycles. The fourth-order valence-electron chi connectivity index (χ4n) is 2.71. The normalized spacial score (nSPS) is 13.5. The van der Waals surface area contributed by atoms with E-state index >= 15 is 0 Å². The Morgan fingerprint density at radius 1 is 1.36 bits per heavy atom. The quantitative estimate of drug-likeness (QED) is 0.766. The lowest BCUT2D eigenvalue weighted by atomic mass is 9.80. The molecule has 0 spiro atoms. The standard InChI is InChI=1S/C17H25N3O2/c1-11(2)16(22)17(3,4)10-18-15(21)9-14-12-7-5-6-8-13(12)19-20-14/h5-8,11,16,22H,9-10H2,1-4H3,(H,18,21)(H,19,20). The summed E-state index contributed by atoms with van der Waals surface area (Å²) in [6.07, 6.45) is -0.199. The molecular formula is C17H25N3O2. The minimum atomic E-state index is -0.458. The predicted octanol–water partition coefficient (Wildman–Crippen LogP) is 2.26. The molecular weight excluding hydrogens is 278 g/mol. The highest BCUT2D eigenvalue weighted by molar-refractivity contribution is 5.87. The van der Waals surface area contributed by atoms with Gasteiger partial charge < -0.3 is 10.4 Å². The first-order chi connectivity index (χ1) is 10.3. The second-order valence-electron chi connectivity index (χ2n) is 6.85. The molecule has 3 N–H and O–H groups in total. The van der Waals surface area contributed by atoms with Crippen molar-refractivity contribution in [1.82, 2.24) is 15.5 Å². The number of aromatic amines is 1. The van der Waals surface area contributed by atoms with Gasteiger partial charge in [-0.25, -0.2) is 0 Å². The Morgan fingerprint density at radius 3 is 2.73 bits per heavy atom. The first-order valence-corrected chi connectivity index (χ1v) is 7.68. The summed E-state index contributed by atoms with van der Waals surface area (Å²) in [6, 6.07) is 7.72. The number of para-hydroxylation sites is 1. The molecule has 0 aliphatic rings. The summed E-state index contributed by atoms with van der Waals surface area (Å²) >= 11 is 0. The van der Waals surface area contributed by atoms with Crippen molar-refractivity contribution in [3.63, 3.8) is 0 Å². The number of amides is 1. The third kappa shape index (κ3) is 3.65. The Hall–Kier alpha value is -1.88. The minimum absolute atomic E-state index is 0.0709. The second kappa shape index (κ2) is 6.48. The van der Waals surface area contributed by atoms with E-state index in [9.17, 15) is 9.90 Å². The van der Waals surface area contributed by atoms with Crippen LogP contribution in [0.25, 0.3) is 10.9 Å². The van der Waals surface area contributed by atoms with E-state index in [1.165, 1.54) is 0 Å². The first-order valence-electron chi connectivity index (χ1n) is 7.68. The molecule has 0 aliphatic carbocycles. The van der Waals surface area contributed by atoms with Gasteiger partial charge in [-0.15, -0.1) is 0 Å². The van der Waals surface area contributed by atoms with E-state index in [2.05, 4.69) is 15.5 Å². The Labute approximate surface area is 131 Å². The van der Waals surface area contributed by atoms with E-state index in [0.717, 1.165) is 16.6 Å². The molecule has 0 radical (unpaired) electrons. The number of nitrogens with zero attached hydrogens (tertiary/aromatic N) is 1. The van der Waals surface area contributed by atoms with Crippen molar-refractivity contribution in [2.75, 3.05) is 6.54 Å². The number of fused-ring (bicyclic) bond motifs is 1. The van der Waals surface area contributed by atoms with Crippen LogP contribution in [0.4, 0.5) is 0 Å². The van der Waals surface area contributed by atoms with Crippen LogP contribution in [0.5, 0.6) is 0 Å². The number of hydrogen-bond donors (Lipinski definition) is 3. The van der Waals surface area contributed by atoms with Crippen LogP contribution in [0, 0.1) is 11.3 Å². The maximum Gasteiger partial charge on any atom is 0.226 e. The molecule has 0 saturated carbocycles. The molecule has 1 unspecified atom stereocenters. The average molecular weight is 303 g/mol. The SMILES string of the molecule is CC(C)C(O)C(C)(C)CNC(=O)Cc1[nH]nc2ccccc12. The molecule has 5 nitrogen and oxygen atoms in total. The van der Waals surface area contributed by atoms with Crippen LogP contribution in [0.15, 0.2) is 24.3 Å². The van der Waals surface area contributed by atoms with Gasteiger partial charge in [-0.2, -0.15) is 5.10 Å². The maximum atomic E-state index is 12.2. The van der Waals surface area contributed by atoms with Gasteiger partial charge in [-0.1, -0.05) is 45.9 Å². The fraction of sp³-hybridized carbons (Fsp3) is 0.529. The summed E-state index contributed by atoms with van der Waals surface area (Å²) in [5, 5.41) is 21.2. The van der Waals surface area contributed by atoms with E-state index in [4.69, 9.17) is 0 Å². The smallest absolute Gasteiger partial charge is 0.226 e. The molecule has 120 valence electrons. The lowest BCUT2D eigenvalue weighted by Crippen LogP contribution is -2.44. The molecule has 1 aromatic carbocycles. The monoisotopic (exact) mass is 303 g/mol. The first kappa shape index (κ1) is 16.5. The van der Waals surface area contributed by atoms with Crippen molar-refractivity contribution in [2.24, 2.45) is 11.3 Å². The van der Waals surface area contributed by atoms with E-state index in [-0.39, 0.29) is 23.7 Å². The molecule has 5 heteroatoms. The summed E-state index contributed by atoms with van der Waals surface area (Å²) < 4.78 is 0. The summed E-state index contributed by atoms with van der Waals surface area (Å²) in [5.41, 5.74) is 1.32. The number of carbonyl (C=O) groups excluding carboxylic acids is 1. The van der Waals surface area contributed by atoms with Gasteiger partial charge in [0, 0.05) is 17.3 Å². The van der Waals surface area contributed by atoms with E-state index in [1.807, 2.05) is 52.0 Å². The van der Waals surface area contributed by atoms with E-state index < -0.39 is 6.10 Å². The lowest BCUT2D eigenvalue weighted by Gasteiger charge is -2.33. The van der Waals surface area contributed by atoms with Gasteiger partial charge in [0.1, 0.15) is 0 Å². The number of carbonyl (C=O) groups is 1. The van der Waals surface area contributed by atoms with Crippen LogP contribution in [-0.2, 0) is 11.2 Å². The van der Waals surface area contributed by atoms with Crippen molar-refractivity contribution in [2.45, 2.75) is 40.2 Å². The highest BCUT2D eigenvalue weighted by atomic mass is 16.3. The highest BCUT2D eigenvalue weighted by Gasteiger charge is 2.30. The predicted molar refractivity (Wildman–Crippen MR) is 87.4 cm³/mol. The molecule has 0 fully saturated rings. The van der Waals surface area contributed by atoms with Gasteiger partial charge >= 0.3 is 0 Å². The summed E-state index contributed by atoms with van der Waals surface area (Å²) in [5.74, 6) is 0.0851. The molecule has 1 aromatic heterocycles. The van der Waals surface area contributed by atoms with Gasteiger partial charge in [0.25, 0.3) is 0 Å². The Balaban J connectivity index is 1.96. The van der Waals surface area contributed by atoms with Gasteiger partial charge in [-0.05, 0) is 12.0 Å². The largest absolute Gasteiger partial charge is 0.392 e. The van der Waals surface area contributed by atoms with Crippen LogP contribution >= 0.6 is 0 Å². The summed E-state index contributed by atoms with van der Waals surface area (Å²) in [4.78, 5) is 12.2. The molecule has 0 saturated heterocycles. The van der Waals surface area contributed by atoms with Crippen LogP contribution in [0.3, 0.4) is 0 Å². The number of aliphatic hydroxyl groups is 1. The van der Waals surface area contributed by atoms with Gasteiger partial charge in [-0.3, -0.25) is 9.89 Å². The zero-order valence-corrected chi connectivity index (χ0v) is 13.7. The zero-order valence-electron chi connectivity index (χ0n) is 13.7.